The summed E-state index contributed by atoms with van der Waals surface area (Å²) in [5, 5.41) is 6.43. The lowest BCUT2D eigenvalue weighted by atomic mass is 10.1. The van der Waals surface area contributed by atoms with Crippen LogP contribution in [0.3, 0.4) is 0 Å². The average molecular weight is 578 g/mol. The first-order valence-electron chi connectivity index (χ1n) is 12.5. The first kappa shape index (κ1) is 26.7. The molecule has 41 heavy (non-hydrogen) atoms. The normalized spacial score (nSPS) is 12.5. The number of alkyl halides is 3. The van der Waals surface area contributed by atoms with E-state index >= 15 is 0 Å². The first-order chi connectivity index (χ1) is 19.6. The number of rotatable bonds is 7. The highest BCUT2D eigenvalue weighted by Gasteiger charge is 2.31. The minimum Gasteiger partial charge on any atom is -0.453 e. The van der Waals surface area contributed by atoms with E-state index in [2.05, 4.69) is 15.1 Å². The second-order valence-corrected chi connectivity index (χ2v) is 11.5. The van der Waals surface area contributed by atoms with Crippen LogP contribution in [0.5, 0.6) is 0 Å². The summed E-state index contributed by atoms with van der Waals surface area (Å²) >= 11 is 0. The van der Waals surface area contributed by atoms with E-state index < -0.39 is 21.8 Å². The monoisotopic (exact) mass is 577 g/mol. The first-order valence-corrected chi connectivity index (χ1v) is 13.9. The van der Waals surface area contributed by atoms with Crippen LogP contribution >= 0.6 is 0 Å². The molecule has 0 aliphatic carbocycles. The Balaban J connectivity index is 1.35. The lowest BCUT2D eigenvalue weighted by molar-refractivity contribution is -0.137. The molecule has 0 fully saturated rings. The number of para-hydroxylation sites is 2. The Bertz CT molecular complexity index is 1950. The molecular weight excluding hydrogens is 555 g/mol. The van der Waals surface area contributed by atoms with Crippen LogP contribution in [0.1, 0.15) is 17.0 Å². The fourth-order valence-electron chi connectivity index (χ4n) is 4.47. The maximum absolute atomic E-state index is 13.3. The minimum absolute atomic E-state index is 0.197. The van der Waals surface area contributed by atoms with Crippen LogP contribution in [0.4, 0.5) is 13.2 Å². The molecule has 0 aliphatic rings. The van der Waals surface area contributed by atoms with E-state index in [1.54, 1.807) is 16.9 Å². The van der Waals surface area contributed by atoms with Gasteiger partial charge in [0.25, 0.3) is 0 Å². The van der Waals surface area contributed by atoms with E-state index in [4.69, 9.17) is 4.42 Å². The molecule has 0 saturated heterocycles. The van der Waals surface area contributed by atoms with Gasteiger partial charge in [-0.2, -0.15) is 17.5 Å². The smallest absolute Gasteiger partial charge is 0.416 e. The third kappa shape index (κ3) is 5.31. The second-order valence-electron chi connectivity index (χ2n) is 9.48. The fraction of sp³-hybridized carbons (Fsp3) is 0.138. The van der Waals surface area contributed by atoms with E-state index in [0.29, 0.717) is 17.2 Å². The highest BCUT2D eigenvalue weighted by molar-refractivity contribution is 7.89. The summed E-state index contributed by atoms with van der Waals surface area (Å²) in [5.41, 5.74) is 1.37. The van der Waals surface area contributed by atoms with Gasteiger partial charge in [-0.1, -0.05) is 36.4 Å². The zero-order valence-corrected chi connectivity index (χ0v) is 22.4. The molecule has 0 radical (unpaired) electrons. The zero-order chi connectivity index (χ0) is 28.8. The highest BCUT2D eigenvalue weighted by atomic mass is 32.2. The summed E-state index contributed by atoms with van der Waals surface area (Å²) in [5.74, 6) is 0.993. The molecule has 6 rings (SSSR count). The lowest BCUT2D eigenvalue weighted by Crippen LogP contribution is -2.28. The number of benzene rings is 3. The summed E-state index contributed by atoms with van der Waals surface area (Å²) < 4.78 is 74.0. The number of halogens is 3. The molecule has 0 aliphatic heterocycles. The van der Waals surface area contributed by atoms with E-state index in [1.807, 2.05) is 54.6 Å². The molecule has 0 unspecified atom stereocenters. The van der Waals surface area contributed by atoms with Crippen molar-refractivity contribution in [3.05, 3.63) is 108 Å². The van der Waals surface area contributed by atoms with Gasteiger partial charge in [0.15, 0.2) is 5.76 Å². The number of pyridine rings is 1. The topological polar surface area (TPSA) is 94.1 Å². The van der Waals surface area contributed by atoms with E-state index in [-0.39, 0.29) is 23.8 Å². The van der Waals surface area contributed by atoms with Crippen LogP contribution < -0.4 is 0 Å². The van der Waals surface area contributed by atoms with E-state index in [0.717, 1.165) is 50.4 Å². The number of sulfonamides is 1. The maximum Gasteiger partial charge on any atom is 0.416 e. The van der Waals surface area contributed by atoms with Gasteiger partial charge in [0, 0.05) is 24.0 Å². The van der Waals surface area contributed by atoms with Crippen LogP contribution in [0.25, 0.3) is 33.5 Å². The summed E-state index contributed by atoms with van der Waals surface area (Å²) in [7, 11) is -2.81. The molecule has 6 aromatic rings. The molecule has 8 nitrogen and oxygen atoms in total. The van der Waals surface area contributed by atoms with Crippen molar-refractivity contribution in [2.24, 2.45) is 0 Å². The van der Waals surface area contributed by atoms with Gasteiger partial charge >= 0.3 is 6.18 Å². The molecular formula is C29H22F3N5O3S. The van der Waals surface area contributed by atoms with Crippen molar-refractivity contribution >= 4 is 31.9 Å². The Morgan fingerprint density at radius 3 is 2.37 bits per heavy atom. The number of furan rings is 1. The predicted octanol–water partition coefficient (Wildman–Crippen LogP) is 6.13. The summed E-state index contributed by atoms with van der Waals surface area (Å²) in [6.07, 6.45) is -2.85. The van der Waals surface area contributed by atoms with Gasteiger partial charge in [-0.3, -0.25) is 4.98 Å². The third-order valence-electron chi connectivity index (χ3n) is 6.63. The van der Waals surface area contributed by atoms with Crippen molar-refractivity contribution in [1.29, 1.82) is 0 Å². The van der Waals surface area contributed by atoms with Crippen LogP contribution in [0.15, 0.2) is 100 Å². The van der Waals surface area contributed by atoms with Crippen LogP contribution in [0.2, 0.25) is 0 Å². The van der Waals surface area contributed by atoms with Gasteiger partial charge in [0.1, 0.15) is 11.4 Å². The Labute approximate surface area is 232 Å². The van der Waals surface area contributed by atoms with Crippen molar-refractivity contribution in [2.45, 2.75) is 24.2 Å². The molecule has 0 atom stereocenters. The largest absolute Gasteiger partial charge is 0.453 e. The van der Waals surface area contributed by atoms with E-state index in [1.165, 1.54) is 7.05 Å². The third-order valence-corrected chi connectivity index (χ3v) is 8.45. The molecule has 208 valence electrons. The Kier molecular flexibility index (Phi) is 6.59. The van der Waals surface area contributed by atoms with Gasteiger partial charge in [-0.05, 0) is 54.1 Å². The SMILES string of the molecule is CN(Cc1nc(-c2cc3ccccc3o2)nn1Cc1cnc2ccccc2c1)S(=O)(=O)c1ccc(C(F)(F)F)cc1. The second kappa shape index (κ2) is 10.1. The fourth-order valence-corrected chi connectivity index (χ4v) is 5.60. The highest BCUT2D eigenvalue weighted by Crippen LogP contribution is 2.31. The number of nitrogens with zero attached hydrogens (tertiary/aromatic N) is 5. The Morgan fingerprint density at radius 2 is 1.63 bits per heavy atom. The van der Waals surface area contributed by atoms with Gasteiger partial charge in [0.05, 0.1) is 29.1 Å². The van der Waals surface area contributed by atoms with Gasteiger partial charge in [0.2, 0.25) is 15.8 Å². The van der Waals surface area contributed by atoms with Gasteiger partial charge in [-0.15, -0.1) is 5.10 Å². The average Bonchev–Trinajstić information content (AvgIpc) is 3.56. The lowest BCUT2D eigenvalue weighted by Gasteiger charge is -2.17. The summed E-state index contributed by atoms with van der Waals surface area (Å²) in [6, 6.07) is 22.3. The number of hydrogen-bond acceptors (Lipinski definition) is 6. The van der Waals surface area contributed by atoms with Crippen molar-refractivity contribution in [2.75, 3.05) is 7.05 Å². The zero-order valence-electron chi connectivity index (χ0n) is 21.6. The van der Waals surface area contributed by atoms with Crippen molar-refractivity contribution < 1.29 is 26.0 Å². The molecule has 3 aromatic carbocycles. The van der Waals surface area contributed by atoms with Crippen molar-refractivity contribution in [1.82, 2.24) is 24.1 Å². The summed E-state index contributed by atoms with van der Waals surface area (Å²) in [4.78, 5) is 8.84. The molecule has 0 bridgehead atoms. The number of aromatic nitrogens is 4. The molecule has 0 amide bonds. The molecule has 12 heteroatoms. The predicted molar refractivity (Wildman–Crippen MR) is 146 cm³/mol. The quantitative estimate of drug-likeness (QED) is 0.227. The molecule has 3 heterocycles. The molecule has 0 N–H and O–H groups in total. The molecule has 0 saturated carbocycles. The minimum atomic E-state index is -4.57. The number of fused-ring (bicyclic) bond motifs is 2. The van der Waals surface area contributed by atoms with Gasteiger partial charge < -0.3 is 4.42 Å². The Hall–Kier alpha value is -4.55. The van der Waals surface area contributed by atoms with Gasteiger partial charge in [-0.25, -0.2) is 18.1 Å². The van der Waals surface area contributed by atoms with Crippen LogP contribution in [-0.2, 0) is 29.3 Å². The molecule has 0 spiro atoms. The van der Waals surface area contributed by atoms with Crippen molar-refractivity contribution in [3.63, 3.8) is 0 Å². The van der Waals surface area contributed by atoms with Crippen LogP contribution in [-0.4, -0.2) is 39.5 Å². The standard InChI is InChI=1S/C29H22F3N5O3S/c1-36(41(38,39)23-12-10-22(11-13-23)29(30,31)32)18-27-34-28(26-15-21-7-3-5-9-25(21)40-26)35-37(27)17-19-14-20-6-2-4-8-24(20)33-16-19/h2-16H,17-18H2,1H3. The summed E-state index contributed by atoms with van der Waals surface area (Å²) in [6.45, 7) is 0.0478. The van der Waals surface area contributed by atoms with E-state index in [9.17, 15) is 21.6 Å². The van der Waals surface area contributed by atoms with Crippen LogP contribution in [0, 0.1) is 0 Å². The van der Waals surface area contributed by atoms with Crippen molar-refractivity contribution in [3.8, 4) is 11.6 Å². The Morgan fingerprint density at radius 1 is 0.927 bits per heavy atom. The number of hydrogen-bond donors (Lipinski definition) is 0. The molecule has 3 aromatic heterocycles. The maximum atomic E-state index is 13.3.